The van der Waals surface area contributed by atoms with Crippen LogP contribution < -0.4 is 0 Å². The maximum atomic E-state index is 9.46. The molecule has 0 amide bonds. The summed E-state index contributed by atoms with van der Waals surface area (Å²) >= 11 is 0. The molecule has 1 fully saturated rings. The standard InChI is InChI=1S/C7H14O5/c1-10-6-4(3-8)12-7(11-2)5(6)9/h4-9H,3H2,1-2H3/t4-,5-,6+,7?/m1/s1. The molecule has 1 heterocycles. The highest BCUT2D eigenvalue weighted by Crippen LogP contribution is 2.23. The van der Waals surface area contributed by atoms with Crippen molar-refractivity contribution in [1.82, 2.24) is 0 Å². The van der Waals surface area contributed by atoms with E-state index in [4.69, 9.17) is 19.3 Å². The Bertz CT molecular complexity index is 138. The minimum atomic E-state index is -0.836. The van der Waals surface area contributed by atoms with Gasteiger partial charge >= 0.3 is 0 Å². The Morgan fingerprint density at radius 1 is 1.33 bits per heavy atom. The van der Waals surface area contributed by atoms with Crippen molar-refractivity contribution in [3.05, 3.63) is 0 Å². The zero-order valence-corrected chi connectivity index (χ0v) is 7.14. The summed E-state index contributed by atoms with van der Waals surface area (Å²) in [5, 5.41) is 18.3. The molecular weight excluding hydrogens is 164 g/mol. The summed E-state index contributed by atoms with van der Waals surface area (Å²) < 4.78 is 14.9. The van der Waals surface area contributed by atoms with Crippen LogP contribution >= 0.6 is 0 Å². The van der Waals surface area contributed by atoms with Crippen molar-refractivity contribution >= 4 is 0 Å². The van der Waals surface area contributed by atoms with Crippen LogP contribution in [-0.4, -0.2) is 55.6 Å². The van der Waals surface area contributed by atoms with E-state index in [1.165, 1.54) is 14.2 Å². The van der Waals surface area contributed by atoms with Gasteiger partial charge in [0.15, 0.2) is 6.29 Å². The van der Waals surface area contributed by atoms with Crippen molar-refractivity contribution in [2.75, 3.05) is 20.8 Å². The molecule has 72 valence electrons. The van der Waals surface area contributed by atoms with Crippen LogP contribution in [0.2, 0.25) is 0 Å². The molecule has 1 rings (SSSR count). The summed E-state index contributed by atoms with van der Waals surface area (Å²) in [7, 11) is 2.89. The second-order valence-corrected chi connectivity index (χ2v) is 2.65. The van der Waals surface area contributed by atoms with Gasteiger partial charge in [-0.3, -0.25) is 0 Å². The Morgan fingerprint density at radius 2 is 2.00 bits per heavy atom. The van der Waals surface area contributed by atoms with E-state index in [1.54, 1.807) is 0 Å². The van der Waals surface area contributed by atoms with E-state index < -0.39 is 24.6 Å². The number of rotatable bonds is 3. The quantitative estimate of drug-likeness (QED) is 0.563. The molecule has 2 N–H and O–H groups in total. The average molecular weight is 178 g/mol. The Morgan fingerprint density at radius 3 is 2.33 bits per heavy atom. The Kier molecular flexibility index (Phi) is 3.42. The summed E-state index contributed by atoms with van der Waals surface area (Å²) in [5.41, 5.74) is 0. The molecule has 0 saturated carbocycles. The normalized spacial score (nSPS) is 42.0. The minimum absolute atomic E-state index is 0.185. The average Bonchev–Trinajstić information content (AvgIpc) is 2.41. The van der Waals surface area contributed by atoms with Crippen LogP contribution in [0.4, 0.5) is 0 Å². The van der Waals surface area contributed by atoms with E-state index in [-0.39, 0.29) is 6.61 Å². The fourth-order valence-corrected chi connectivity index (χ4v) is 1.34. The monoisotopic (exact) mass is 178 g/mol. The lowest BCUT2D eigenvalue weighted by molar-refractivity contribution is -0.153. The first-order chi connectivity index (χ1) is 5.74. The molecule has 0 aromatic carbocycles. The summed E-state index contributed by atoms with van der Waals surface area (Å²) in [6, 6.07) is 0. The van der Waals surface area contributed by atoms with Crippen LogP contribution in [0, 0.1) is 0 Å². The lowest BCUT2D eigenvalue weighted by Crippen LogP contribution is -2.36. The number of aliphatic hydroxyl groups excluding tert-OH is 2. The molecule has 5 heteroatoms. The number of methoxy groups -OCH3 is 2. The van der Waals surface area contributed by atoms with Crippen molar-refractivity contribution in [2.45, 2.75) is 24.6 Å². The topological polar surface area (TPSA) is 68.2 Å². The molecule has 0 spiro atoms. The second kappa shape index (κ2) is 4.15. The van der Waals surface area contributed by atoms with Gasteiger partial charge in [-0.1, -0.05) is 0 Å². The zero-order valence-electron chi connectivity index (χ0n) is 7.14. The van der Waals surface area contributed by atoms with E-state index in [2.05, 4.69) is 0 Å². The summed E-state index contributed by atoms with van der Waals surface area (Å²) in [6.45, 7) is -0.185. The number of aliphatic hydroxyl groups is 2. The van der Waals surface area contributed by atoms with Gasteiger partial charge in [0.1, 0.15) is 18.3 Å². The SMILES string of the molecule is COC1O[C@H](CO)[C@H](OC)[C@H]1O. The van der Waals surface area contributed by atoms with Crippen molar-refractivity contribution in [2.24, 2.45) is 0 Å². The Labute approximate surface area is 70.9 Å². The highest BCUT2D eigenvalue weighted by atomic mass is 16.7. The number of hydrogen-bond acceptors (Lipinski definition) is 5. The van der Waals surface area contributed by atoms with E-state index >= 15 is 0 Å². The third-order valence-corrected chi connectivity index (χ3v) is 1.98. The first-order valence-electron chi connectivity index (χ1n) is 3.74. The fourth-order valence-electron chi connectivity index (χ4n) is 1.34. The molecule has 4 atom stereocenters. The maximum absolute atomic E-state index is 9.46. The van der Waals surface area contributed by atoms with Crippen LogP contribution in [0.25, 0.3) is 0 Å². The van der Waals surface area contributed by atoms with Gasteiger partial charge in [0.05, 0.1) is 6.61 Å². The molecule has 12 heavy (non-hydrogen) atoms. The Hall–Kier alpha value is -0.200. The Balaban J connectivity index is 2.58. The molecule has 0 aromatic rings. The third-order valence-electron chi connectivity index (χ3n) is 1.98. The van der Waals surface area contributed by atoms with Crippen molar-refractivity contribution in [3.63, 3.8) is 0 Å². The predicted molar refractivity (Wildman–Crippen MR) is 39.6 cm³/mol. The van der Waals surface area contributed by atoms with Crippen LogP contribution in [0.1, 0.15) is 0 Å². The third kappa shape index (κ3) is 1.60. The molecule has 0 radical (unpaired) electrons. The highest BCUT2D eigenvalue weighted by Gasteiger charge is 2.43. The van der Waals surface area contributed by atoms with Crippen molar-refractivity contribution < 1.29 is 24.4 Å². The zero-order chi connectivity index (χ0) is 9.14. The lowest BCUT2D eigenvalue weighted by atomic mass is 10.1. The molecular formula is C7H14O5. The molecule has 0 aromatic heterocycles. The number of ether oxygens (including phenoxy) is 3. The van der Waals surface area contributed by atoms with Crippen LogP contribution in [0.15, 0.2) is 0 Å². The van der Waals surface area contributed by atoms with Crippen molar-refractivity contribution in [3.8, 4) is 0 Å². The predicted octanol–water partition coefficient (Wildman–Crippen LogP) is -1.27. The van der Waals surface area contributed by atoms with E-state index in [9.17, 15) is 5.11 Å². The molecule has 1 unspecified atom stereocenters. The summed E-state index contributed by atoms with van der Waals surface area (Å²) in [4.78, 5) is 0. The van der Waals surface area contributed by atoms with Gasteiger partial charge in [-0.25, -0.2) is 0 Å². The molecule has 0 bridgehead atoms. The molecule has 0 aliphatic carbocycles. The number of hydrogen-bond donors (Lipinski definition) is 2. The van der Waals surface area contributed by atoms with Gasteiger partial charge in [-0.15, -0.1) is 0 Å². The first kappa shape index (κ1) is 9.88. The van der Waals surface area contributed by atoms with Gasteiger partial charge in [-0.05, 0) is 0 Å². The second-order valence-electron chi connectivity index (χ2n) is 2.65. The smallest absolute Gasteiger partial charge is 0.186 e. The molecule has 1 saturated heterocycles. The lowest BCUT2D eigenvalue weighted by Gasteiger charge is -2.15. The van der Waals surface area contributed by atoms with E-state index in [0.29, 0.717) is 0 Å². The maximum Gasteiger partial charge on any atom is 0.186 e. The molecule has 5 nitrogen and oxygen atoms in total. The van der Waals surface area contributed by atoms with Gasteiger partial charge in [0.2, 0.25) is 0 Å². The summed E-state index contributed by atoms with van der Waals surface area (Å²) in [6.07, 6.45) is -2.56. The van der Waals surface area contributed by atoms with E-state index in [0.717, 1.165) is 0 Å². The fraction of sp³-hybridized carbons (Fsp3) is 1.00. The molecule has 1 aliphatic rings. The largest absolute Gasteiger partial charge is 0.394 e. The van der Waals surface area contributed by atoms with Crippen molar-refractivity contribution in [1.29, 1.82) is 0 Å². The van der Waals surface area contributed by atoms with Gasteiger partial charge in [0.25, 0.3) is 0 Å². The minimum Gasteiger partial charge on any atom is -0.394 e. The van der Waals surface area contributed by atoms with Crippen LogP contribution in [0.5, 0.6) is 0 Å². The molecule has 1 aliphatic heterocycles. The van der Waals surface area contributed by atoms with Gasteiger partial charge < -0.3 is 24.4 Å². The summed E-state index contributed by atoms with van der Waals surface area (Å²) in [5.74, 6) is 0. The van der Waals surface area contributed by atoms with Crippen LogP contribution in [-0.2, 0) is 14.2 Å². The van der Waals surface area contributed by atoms with Gasteiger partial charge in [0, 0.05) is 14.2 Å². The first-order valence-corrected chi connectivity index (χ1v) is 3.74. The van der Waals surface area contributed by atoms with Gasteiger partial charge in [-0.2, -0.15) is 0 Å². The van der Waals surface area contributed by atoms with Crippen LogP contribution in [0.3, 0.4) is 0 Å². The van der Waals surface area contributed by atoms with E-state index in [1.807, 2.05) is 0 Å². The highest BCUT2D eigenvalue weighted by molar-refractivity contribution is 4.87.